The van der Waals surface area contributed by atoms with Gasteiger partial charge in [0.25, 0.3) is 0 Å². The lowest BCUT2D eigenvalue weighted by Crippen LogP contribution is -2.41. The number of hydrogen-bond acceptors (Lipinski definition) is 2. The number of rotatable bonds is 5. The highest BCUT2D eigenvalue weighted by Crippen LogP contribution is 2.42. The first-order chi connectivity index (χ1) is 10.6. The van der Waals surface area contributed by atoms with Gasteiger partial charge in [-0.1, -0.05) is 49.3 Å². The lowest BCUT2D eigenvalue weighted by atomic mass is 9.65. The van der Waals surface area contributed by atoms with Crippen molar-refractivity contribution in [3.63, 3.8) is 0 Å². The second-order valence-corrected chi connectivity index (χ2v) is 10.7. The predicted octanol–water partition coefficient (Wildman–Crippen LogP) is 4.82. The third kappa shape index (κ3) is 3.87. The highest BCUT2D eigenvalue weighted by Gasteiger charge is 2.53. The van der Waals surface area contributed by atoms with Crippen molar-refractivity contribution in [3.05, 3.63) is 28.8 Å². The molecule has 0 spiro atoms. The first-order valence-electron chi connectivity index (χ1n) is 8.54. The minimum atomic E-state index is -0.608. The van der Waals surface area contributed by atoms with Crippen LogP contribution in [0, 0.1) is 0 Å². The lowest BCUT2D eigenvalue weighted by molar-refractivity contribution is 0.00578. The fourth-order valence-electron chi connectivity index (χ4n) is 3.09. The van der Waals surface area contributed by atoms with Gasteiger partial charge in [0.2, 0.25) is 0 Å². The van der Waals surface area contributed by atoms with Crippen LogP contribution in [0.5, 0.6) is 0 Å². The molecular formula is C18H29BClO2Si. The summed E-state index contributed by atoms with van der Waals surface area (Å²) in [6.07, 6.45) is 2.16. The number of halogens is 1. The van der Waals surface area contributed by atoms with Crippen molar-refractivity contribution in [2.24, 2.45) is 0 Å². The molecule has 1 aliphatic rings. The molecule has 2 rings (SSSR count). The van der Waals surface area contributed by atoms with E-state index in [0.717, 1.165) is 17.9 Å². The Morgan fingerprint density at radius 2 is 1.70 bits per heavy atom. The van der Waals surface area contributed by atoms with Gasteiger partial charge in [0.1, 0.15) is 0 Å². The van der Waals surface area contributed by atoms with Crippen LogP contribution in [0.25, 0.3) is 0 Å². The number of hydrogen-bond donors (Lipinski definition) is 0. The SMILES string of the molecule is CCCC(B1OC(C)(C)C(C)(C)O1)c1ccc(Cl)cc1[Si](C)C. The van der Waals surface area contributed by atoms with E-state index in [0.29, 0.717) is 0 Å². The summed E-state index contributed by atoms with van der Waals surface area (Å²) < 4.78 is 12.7. The van der Waals surface area contributed by atoms with E-state index in [4.69, 9.17) is 20.9 Å². The first kappa shape index (κ1) is 19.0. The summed E-state index contributed by atoms with van der Waals surface area (Å²) in [5.74, 6) is 0.258. The van der Waals surface area contributed by atoms with Crippen molar-refractivity contribution < 1.29 is 9.31 Å². The quantitative estimate of drug-likeness (QED) is 0.708. The van der Waals surface area contributed by atoms with Crippen LogP contribution >= 0.6 is 11.6 Å². The zero-order valence-corrected chi connectivity index (χ0v) is 17.3. The zero-order chi connectivity index (χ0) is 17.4. The van der Waals surface area contributed by atoms with Crippen LogP contribution in [0.3, 0.4) is 0 Å². The molecule has 127 valence electrons. The maximum absolute atomic E-state index is 6.35. The van der Waals surface area contributed by atoms with E-state index >= 15 is 0 Å². The average Bonchev–Trinajstić information content (AvgIpc) is 2.65. The van der Waals surface area contributed by atoms with E-state index < -0.39 is 8.80 Å². The molecule has 2 nitrogen and oxygen atoms in total. The Labute approximate surface area is 148 Å². The third-order valence-corrected chi connectivity index (χ3v) is 6.90. The minimum absolute atomic E-state index is 0.193. The molecule has 0 bridgehead atoms. The van der Waals surface area contributed by atoms with Crippen molar-refractivity contribution in [3.8, 4) is 0 Å². The molecule has 5 heteroatoms. The van der Waals surface area contributed by atoms with E-state index in [1.807, 2.05) is 6.07 Å². The molecule has 1 aromatic carbocycles. The Kier molecular flexibility index (Phi) is 5.72. The van der Waals surface area contributed by atoms with Crippen LogP contribution in [0.1, 0.15) is 58.8 Å². The molecule has 1 fully saturated rings. The standard InChI is InChI=1S/C18H29BClO2Si/c1-8-9-15(19-21-17(2,3)18(4,5)22-19)14-11-10-13(20)12-16(14)23(6)7/h10-12,15H,8-9H2,1-7H3. The summed E-state index contributed by atoms with van der Waals surface area (Å²) >= 11 is 6.25. The van der Waals surface area contributed by atoms with Crippen LogP contribution < -0.4 is 5.19 Å². The smallest absolute Gasteiger partial charge is 0.403 e. The maximum Gasteiger partial charge on any atom is 0.465 e. The molecule has 0 saturated carbocycles. The van der Waals surface area contributed by atoms with Gasteiger partial charge >= 0.3 is 7.12 Å². The second kappa shape index (κ2) is 6.91. The Morgan fingerprint density at radius 1 is 1.13 bits per heavy atom. The van der Waals surface area contributed by atoms with Crippen molar-refractivity contribution >= 4 is 32.7 Å². The van der Waals surface area contributed by atoms with Crippen LogP contribution in [-0.2, 0) is 9.31 Å². The highest BCUT2D eigenvalue weighted by atomic mass is 35.5. The molecule has 1 aromatic rings. The Bertz CT molecular complexity index is 544. The van der Waals surface area contributed by atoms with Crippen LogP contribution in [0.15, 0.2) is 18.2 Å². The monoisotopic (exact) mass is 351 g/mol. The van der Waals surface area contributed by atoms with Gasteiger partial charge < -0.3 is 9.31 Å². The zero-order valence-electron chi connectivity index (χ0n) is 15.5. The van der Waals surface area contributed by atoms with Gasteiger partial charge in [0.15, 0.2) is 0 Å². The Hall–Kier alpha value is -0.288. The van der Waals surface area contributed by atoms with Crippen LogP contribution in [-0.4, -0.2) is 27.1 Å². The minimum Gasteiger partial charge on any atom is -0.403 e. The summed E-state index contributed by atoms with van der Waals surface area (Å²) in [5.41, 5.74) is 0.777. The molecule has 0 N–H and O–H groups in total. The normalized spacial score (nSPS) is 21.0. The first-order valence-corrected chi connectivity index (χ1v) is 11.4. The number of benzene rings is 1. The summed E-state index contributed by atoms with van der Waals surface area (Å²) in [4.78, 5) is 0. The van der Waals surface area contributed by atoms with E-state index in [1.54, 1.807) is 0 Å². The molecule has 0 aliphatic carbocycles. The molecule has 1 atom stereocenters. The molecule has 1 aliphatic heterocycles. The lowest BCUT2D eigenvalue weighted by Gasteiger charge is -2.32. The van der Waals surface area contributed by atoms with Crippen molar-refractivity contribution in [1.29, 1.82) is 0 Å². The van der Waals surface area contributed by atoms with Crippen LogP contribution in [0.4, 0.5) is 0 Å². The van der Waals surface area contributed by atoms with Gasteiger partial charge in [0, 0.05) is 10.8 Å². The Balaban J connectivity index is 2.41. The molecule has 1 radical (unpaired) electrons. The molecular weight excluding hydrogens is 323 g/mol. The third-order valence-electron chi connectivity index (χ3n) is 5.15. The summed E-state index contributed by atoms with van der Waals surface area (Å²) in [5, 5.41) is 2.22. The fourth-order valence-corrected chi connectivity index (χ4v) is 4.64. The van der Waals surface area contributed by atoms with Gasteiger partial charge in [0.05, 0.1) is 20.0 Å². The summed E-state index contributed by atoms with van der Waals surface area (Å²) in [7, 11) is -0.801. The van der Waals surface area contributed by atoms with E-state index in [1.165, 1.54) is 10.8 Å². The van der Waals surface area contributed by atoms with Gasteiger partial charge in [-0.15, -0.1) is 0 Å². The molecule has 1 saturated heterocycles. The Morgan fingerprint density at radius 3 is 2.17 bits per heavy atom. The van der Waals surface area contributed by atoms with Crippen molar-refractivity contribution in [2.75, 3.05) is 0 Å². The van der Waals surface area contributed by atoms with Gasteiger partial charge in [-0.2, -0.15) is 0 Å². The van der Waals surface area contributed by atoms with Crippen LogP contribution in [0.2, 0.25) is 18.1 Å². The van der Waals surface area contributed by atoms with Crippen molar-refractivity contribution in [2.45, 2.75) is 77.6 Å². The largest absolute Gasteiger partial charge is 0.465 e. The summed E-state index contributed by atoms with van der Waals surface area (Å²) in [6, 6.07) is 6.32. The molecule has 23 heavy (non-hydrogen) atoms. The predicted molar refractivity (Wildman–Crippen MR) is 102 cm³/mol. The molecule has 0 aromatic heterocycles. The van der Waals surface area contributed by atoms with Gasteiger partial charge in [-0.25, -0.2) is 0 Å². The van der Waals surface area contributed by atoms with E-state index in [2.05, 4.69) is 59.8 Å². The topological polar surface area (TPSA) is 18.5 Å². The highest BCUT2D eigenvalue weighted by molar-refractivity contribution is 6.71. The van der Waals surface area contributed by atoms with Crippen molar-refractivity contribution in [1.82, 2.24) is 0 Å². The van der Waals surface area contributed by atoms with E-state index in [-0.39, 0.29) is 24.1 Å². The van der Waals surface area contributed by atoms with Gasteiger partial charge in [-0.3, -0.25) is 0 Å². The molecule has 1 heterocycles. The summed E-state index contributed by atoms with van der Waals surface area (Å²) in [6.45, 7) is 15.3. The molecule has 1 unspecified atom stereocenters. The van der Waals surface area contributed by atoms with E-state index in [9.17, 15) is 0 Å². The maximum atomic E-state index is 6.35. The second-order valence-electron chi connectivity index (χ2n) is 7.75. The average molecular weight is 352 g/mol. The fraction of sp³-hybridized carbons (Fsp3) is 0.667. The molecule has 0 amide bonds. The van der Waals surface area contributed by atoms with Gasteiger partial charge in [-0.05, 0) is 51.8 Å².